The Morgan fingerprint density at radius 3 is 2.57 bits per heavy atom. The number of hydrogen-bond acceptors (Lipinski definition) is 4. The summed E-state index contributed by atoms with van der Waals surface area (Å²) in [4.78, 5) is 25.8. The molecule has 2 aliphatic carbocycles. The second-order valence-corrected chi connectivity index (χ2v) is 5.56. The maximum absolute atomic E-state index is 12.7. The molecule has 6 heteroatoms. The van der Waals surface area contributed by atoms with Crippen molar-refractivity contribution >= 4 is 11.9 Å². The lowest BCUT2D eigenvalue weighted by atomic mass is 9.82. The SMILES string of the molecule is COCCN(CCC#N)C(=O)[C@H]1C2C=CC(C2)[C@H]1C(=O)O. The van der Waals surface area contributed by atoms with Gasteiger partial charge in [0.25, 0.3) is 0 Å². The predicted octanol–water partition coefficient (Wildman–Crippen LogP) is 0.898. The van der Waals surface area contributed by atoms with E-state index in [1.807, 2.05) is 18.2 Å². The van der Waals surface area contributed by atoms with Crippen molar-refractivity contribution in [3.05, 3.63) is 12.2 Å². The molecule has 1 amide bonds. The Hall–Kier alpha value is -1.87. The average molecular weight is 292 g/mol. The van der Waals surface area contributed by atoms with Crippen molar-refractivity contribution in [2.45, 2.75) is 12.8 Å². The summed E-state index contributed by atoms with van der Waals surface area (Å²) >= 11 is 0. The molecule has 0 aliphatic heterocycles. The van der Waals surface area contributed by atoms with Gasteiger partial charge in [-0.15, -0.1) is 0 Å². The van der Waals surface area contributed by atoms with E-state index in [-0.39, 0.29) is 24.2 Å². The summed E-state index contributed by atoms with van der Waals surface area (Å²) < 4.78 is 4.99. The molecule has 2 bridgehead atoms. The van der Waals surface area contributed by atoms with Crippen LogP contribution in [0.25, 0.3) is 0 Å². The van der Waals surface area contributed by atoms with Crippen molar-refractivity contribution in [3.63, 3.8) is 0 Å². The molecule has 0 aromatic heterocycles. The molecule has 0 aromatic rings. The lowest BCUT2D eigenvalue weighted by molar-refractivity contribution is -0.151. The smallest absolute Gasteiger partial charge is 0.307 e. The van der Waals surface area contributed by atoms with Gasteiger partial charge in [-0.1, -0.05) is 12.2 Å². The fraction of sp³-hybridized carbons (Fsp3) is 0.667. The molecule has 1 N–H and O–H groups in total. The number of rotatable bonds is 7. The van der Waals surface area contributed by atoms with E-state index in [1.54, 1.807) is 12.0 Å². The highest BCUT2D eigenvalue weighted by Gasteiger charge is 2.52. The van der Waals surface area contributed by atoms with Crippen LogP contribution < -0.4 is 0 Å². The molecule has 2 aliphatic rings. The van der Waals surface area contributed by atoms with Crippen LogP contribution in [0.5, 0.6) is 0 Å². The summed E-state index contributed by atoms with van der Waals surface area (Å²) in [6.45, 7) is 1.09. The van der Waals surface area contributed by atoms with Crippen molar-refractivity contribution in [2.24, 2.45) is 23.7 Å². The molecule has 1 saturated carbocycles. The van der Waals surface area contributed by atoms with Gasteiger partial charge < -0.3 is 14.7 Å². The van der Waals surface area contributed by atoms with Crippen LogP contribution in [0.15, 0.2) is 12.2 Å². The highest BCUT2D eigenvalue weighted by Crippen LogP contribution is 2.48. The van der Waals surface area contributed by atoms with Gasteiger partial charge >= 0.3 is 5.97 Å². The Bertz CT molecular complexity index is 483. The van der Waals surface area contributed by atoms with Crippen LogP contribution in [0.3, 0.4) is 0 Å². The molecule has 0 radical (unpaired) electrons. The van der Waals surface area contributed by atoms with Gasteiger partial charge in [0.15, 0.2) is 0 Å². The Balaban J connectivity index is 2.13. The minimum absolute atomic E-state index is 0.00994. The van der Waals surface area contributed by atoms with Crippen LogP contribution in [0, 0.1) is 35.0 Å². The maximum Gasteiger partial charge on any atom is 0.307 e. The van der Waals surface area contributed by atoms with Crippen LogP contribution in [-0.4, -0.2) is 48.7 Å². The van der Waals surface area contributed by atoms with Gasteiger partial charge in [0.05, 0.1) is 30.9 Å². The number of carbonyl (C=O) groups is 2. The van der Waals surface area contributed by atoms with Crippen molar-refractivity contribution in [2.75, 3.05) is 26.8 Å². The van der Waals surface area contributed by atoms with Gasteiger partial charge in [0.2, 0.25) is 5.91 Å². The lowest BCUT2D eigenvalue weighted by Gasteiger charge is -2.30. The number of nitriles is 1. The first-order chi connectivity index (χ1) is 10.1. The number of fused-ring (bicyclic) bond motifs is 2. The zero-order valence-corrected chi connectivity index (χ0v) is 12.1. The molecule has 6 nitrogen and oxygen atoms in total. The molecule has 0 aromatic carbocycles. The number of aliphatic carboxylic acids is 1. The molecule has 2 unspecified atom stereocenters. The van der Waals surface area contributed by atoms with Crippen molar-refractivity contribution in [3.8, 4) is 6.07 Å². The highest BCUT2D eigenvalue weighted by molar-refractivity contribution is 5.87. The maximum atomic E-state index is 12.7. The summed E-state index contributed by atoms with van der Waals surface area (Å²) in [5, 5.41) is 18.1. The molecule has 2 rings (SSSR count). The molecular weight excluding hydrogens is 272 g/mol. The van der Waals surface area contributed by atoms with Crippen molar-refractivity contribution in [1.29, 1.82) is 5.26 Å². The van der Waals surface area contributed by atoms with Gasteiger partial charge in [-0.3, -0.25) is 9.59 Å². The average Bonchev–Trinajstić information content (AvgIpc) is 3.07. The molecule has 0 saturated heterocycles. The Kier molecular flexibility index (Phi) is 4.97. The van der Waals surface area contributed by atoms with Crippen LogP contribution in [0.2, 0.25) is 0 Å². The quantitative estimate of drug-likeness (QED) is 0.704. The van der Waals surface area contributed by atoms with Crippen LogP contribution in [-0.2, 0) is 14.3 Å². The van der Waals surface area contributed by atoms with E-state index in [1.165, 1.54) is 0 Å². The predicted molar refractivity (Wildman–Crippen MR) is 74.0 cm³/mol. The molecule has 114 valence electrons. The number of allylic oxidation sites excluding steroid dienone is 2. The number of amides is 1. The fourth-order valence-electron chi connectivity index (χ4n) is 3.43. The third kappa shape index (κ3) is 3.08. The van der Waals surface area contributed by atoms with Crippen molar-refractivity contribution < 1.29 is 19.4 Å². The zero-order valence-electron chi connectivity index (χ0n) is 12.1. The Morgan fingerprint density at radius 1 is 1.33 bits per heavy atom. The first-order valence-corrected chi connectivity index (χ1v) is 7.16. The van der Waals surface area contributed by atoms with Crippen LogP contribution >= 0.6 is 0 Å². The van der Waals surface area contributed by atoms with Gasteiger partial charge in [0, 0.05) is 20.2 Å². The number of ether oxygens (including phenoxy) is 1. The normalized spacial score (nSPS) is 29.3. The zero-order chi connectivity index (χ0) is 15.4. The third-order valence-electron chi connectivity index (χ3n) is 4.40. The number of hydrogen-bond donors (Lipinski definition) is 1. The first kappa shape index (κ1) is 15.5. The van der Waals surface area contributed by atoms with Crippen LogP contribution in [0.1, 0.15) is 12.8 Å². The molecule has 4 atom stereocenters. The van der Waals surface area contributed by atoms with Gasteiger partial charge in [-0.2, -0.15) is 5.26 Å². The second-order valence-electron chi connectivity index (χ2n) is 5.56. The number of carboxylic acid groups (broad SMARTS) is 1. The minimum atomic E-state index is -0.905. The topological polar surface area (TPSA) is 90.6 Å². The summed E-state index contributed by atoms with van der Waals surface area (Å²) in [6, 6.07) is 2.02. The Morgan fingerprint density at radius 2 is 2.00 bits per heavy atom. The summed E-state index contributed by atoms with van der Waals surface area (Å²) in [5.74, 6) is -2.24. The molecule has 21 heavy (non-hydrogen) atoms. The van der Waals surface area contributed by atoms with E-state index >= 15 is 0 Å². The molecule has 0 spiro atoms. The summed E-state index contributed by atoms with van der Waals surface area (Å²) in [6.07, 6.45) is 4.86. The standard InChI is InChI=1S/C15H20N2O4/c1-21-8-7-17(6-2-5-16)14(18)12-10-3-4-11(9-10)13(12)15(19)20/h3-4,10-13H,2,6-9H2,1H3,(H,19,20)/t10?,11?,12-,13+/m0/s1. The largest absolute Gasteiger partial charge is 0.481 e. The number of carbonyl (C=O) groups excluding carboxylic acids is 1. The monoisotopic (exact) mass is 292 g/mol. The molecule has 1 fully saturated rings. The second kappa shape index (κ2) is 6.72. The Labute approximate surface area is 124 Å². The number of carboxylic acids is 1. The third-order valence-corrected chi connectivity index (χ3v) is 4.40. The van der Waals surface area contributed by atoms with Gasteiger partial charge in [-0.25, -0.2) is 0 Å². The van der Waals surface area contributed by atoms with E-state index < -0.39 is 17.8 Å². The van der Waals surface area contributed by atoms with E-state index in [0.717, 1.165) is 6.42 Å². The van der Waals surface area contributed by atoms with E-state index in [2.05, 4.69) is 0 Å². The number of methoxy groups -OCH3 is 1. The van der Waals surface area contributed by atoms with E-state index in [0.29, 0.717) is 19.7 Å². The molecular formula is C15H20N2O4. The summed E-state index contributed by atoms with van der Waals surface area (Å²) in [5.41, 5.74) is 0. The van der Waals surface area contributed by atoms with E-state index in [4.69, 9.17) is 10.00 Å². The minimum Gasteiger partial charge on any atom is -0.481 e. The number of nitrogens with zero attached hydrogens (tertiary/aromatic N) is 2. The summed E-state index contributed by atoms with van der Waals surface area (Å²) in [7, 11) is 1.55. The van der Waals surface area contributed by atoms with E-state index in [9.17, 15) is 14.7 Å². The van der Waals surface area contributed by atoms with Gasteiger partial charge in [0.1, 0.15) is 0 Å². The van der Waals surface area contributed by atoms with Gasteiger partial charge in [-0.05, 0) is 18.3 Å². The lowest BCUT2D eigenvalue weighted by Crippen LogP contribution is -2.44. The van der Waals surface area contributed by atoms with Crippen LogP contribution in [0.4, 0.5) is 0 Å². The highest BCUT2D eigenvalue weighted by atomic mass is 16.5. The molecule has 0 heterocycles. The van der Waals surface area contributed by atoms with Crippen molar-refractivity contribution in [1.82, 2.24) is 4.90 Å². The first-order valence-electron chi connectivity index (χ1n) is 7.16. The fourth-order valence-corrected chi connectivity index (χ4v) is 3.43.